The lowest BCUT2D eigenvalue weighted by Gasteiger charge is -2.08. The maximum Gasteiger partial charge on any atom is 0.218 e. The van der Waals surface area contributed by atoms with Gasteiger partial charge >= 0.3 is 0 Å². The number of anilines is 1. The molecule has 1 N–H and O–H groups in total. The van der Waals surface area contributed by atoms with Crippen LogP contribution < -0.4 is 5.32 Å². The summed E-state index contributed by atoms with van der Waals surface area (Å²) >= 11 is 0. The normalized spacial score (nSPS) is 12.0. The first-order valence-electron chi connectivity index (χ1n) is 7.63. The van der Waals surface area contributed by atoms with Gasteiger partial charge in [-0.1, -0.05) is 43.7 Å². The van der Waals surface area contributed by atoms with Crippen molar-refractivity contribution in [3.05, 3.63) is 70.8 Å². The summed E-state index contributed by atoms with van der Waals surface area (Å²) in [4.78, 5) is -0.211. The fourth-order valence-corrected chi connectivity index (χ4v) is 3.21. The van der Waals surface area contributed by atoms with Crippen molar-refractivity contribution in [2.75, 3.05) is 5.32 Å². The predicted molar refractivity (Wildman–Crippen MR) is 96.2 cm³/mol. The van der Waals surface area contributed by atoms with Gasteiger partial charge in [0.15, 0.2) is 4.91 Å². The van der Waals surface area contributed by atoms with E-state index in [-0.39, 0.29) is 9.80 Å². The molecule has 0 bridgehead atoms. The summed E-state index contributed by atoms with van der Waals surface area (Å²) in [6.45, 7) is 6.08. The Morgan fingerprint density at radius 3 is 2.17 bits per heavy atom. The predicted octanol–water partition coefficient (Wildman–Crippen LogP) is 4.37. The highest BCUT2D eigenvalue weighted by atomic mass is 32.2. The Bertz CT molecular complexity index is 872. The summed E-state index contributed by atoms with van der Waals surface area (Å²) in [6, 6.07) is 15.9. The number of hydrogen-bond acceptors (Lipinski definition) is 4. The van der Waals surface area contributed by atoms with Crippen LogP contribution in [0.5, 0.6) is 0 Å². The van der Waals surface area contributed by atoms with Crippen molar-refractivity contribution in [2.24, 2.45) is 0 Å². The molecule has 0 amide bonds. The number of aryl methyl sites for hydroxylation is 1. The lowest BCUT2D eigenvalue weighted by Crippen LogP contribution is -2.05. The Morgan fingerprint density at radius 2 is 1.67 bits per heavy atom. The molecule has 0 spiro atoms. The topological polar surface area (TPSA) is 70.0 Å². The minimum Gasteiger partial charge on any atom is -0.360 e. The van der Waals surface area contributed by atoms with Crippen LogP contribution in [0.2, 0.25) is 0 Å². The number of rotatable bonds is 5. The maximum absolute atomic E-state index is 12.5. The van der Waals surface area contributed by atoms with E-state index in [0.29, 0.717) is 5.92 Å². The highest BCUT2D eigenvalue weighted by Gasteiger charge is 2.20. The Balaban J connectivity index is 2.25. The third-order valence-electron chi connectivity index (χ3n) is 3.68. The summed E-state index contributed by atoms with van der Waals surface area (Å²) in [5.41, 5.74) is 2.88. The molecule has 4 nitrogen and oxygen atoms in total. The van der Waals surface area contributed by atoms with Crippen molar-refractivity contribution in [2.45, 2.75) is 31.6 Å². The van der Waals surface area contributed by atoms with Crippen LogP contribution in [0.4, 0.5) is 5.69 Å². The zero-order valence-corrected chi connectivity index (χ0v) is 14.8. The first kappa shape index (κ1) is 17.8. The number of sulfone groups is 1. The molecule has 124 valence electrons. The van der Waals surface area contributed by atoms with Gasteiger partial charge in [0.05, 0.1) is 4.90 Å². The monoisotopic (exact) mass is 340 g/mol. The van der Waals surface area contributed by atoms with Crippen LogP contribution in [-0.2, 0) is 9.84 Å². The minimum atomic E-state index is -3.82. The first-order chi connectivity index (χ1) is 11.3. The molecule has 0 fully saturated rings. The SMILES string of the molecule is Cc1ccc(S(=O)(=O)C(C#N)=CNc2ccc(C(C)C)cc2)cc1. The van der Waals surface area contributed by atoms with Gasteiger partial charge in [0.1, 0.15) is 6.07 Å². The van der Waals surface area contributed by atoms with Crippen molar-refractivity contribution in [3.8, 4) is 6.07 Å². The lowest BCUT2D eigenvalue weighted by atomic mass is 10.0. The van der Waals surface area contributed by atoms with E-state index in [9.17, 15) is 13.7 Å². The first-order valence-corrected chi connectivity index (χ1v) is 9.11. The van der Waals surface area contributed by atoms with Crippen LogP contribution in [0.15, 0.2) is 64.5 Å². The average Bonchev–Trinajstić information content (AvgIpc) is 2.56. The van der Waals surface area contributed by atoms with Gasteiger partial charge in [-0.3, -0.25) is 0 Å². The molecular weight excluding hydrogens is 320 g/mol. The van der Waals surface area contributed by atoms with Gasteiger partial charge < -0.3 is 5.32 Å². The van der Waals surface area contributed by atoms with Crippen molar-refractivity contribution in [1.82, 2.24) is 0 Å². The number of hydrogen-bond donors (Lipinski definition) is 1. The molecule has 24 heavy (non-hydrogen) atoms. The van der Waals surface area contributed by atoms with E-state index in [1.807, 2.05) is 31.2 Å². The molecule has 2 aromatic rings. The van der Waals surface area contributed by atoms with Crippen LogP contribution in [-0.4, -0.2) is 8.42 Å². The van der Waals surface area contributed by atoms with Crippen molar-refractivity contribution in [3.63, 3.8) is 0 Å². The van der Waals surface area contributed by atoms with Crippen molar-refractivity contribution in [1.29, 1.82) is 5.26 Å². The Labute approximate surface area is 143 Å². The van der Waals surface area contributed by atoms with E-state index in [1.54, 1.807) is 18.2 Å². The van der Waals surface area contributed by atoms with Gasteiger partial charge in [-0.2, -0.15) is 5.26 Å². The second-order valence-corrected chi connectivity index (χ2v) is 7.78. The third-order valence-corrected chi connectivity index (χ3v) is 5.36. The molecule has 0 radical (unpaired) electrons. The van der Waals surface area contributed by atoms with Gasteiger partial charge in [-0.25, -0.2) is 8.42 Å². The van der Waals surface area contributed by atoms with E-state index in [2.05, 4.69) is 19.2 Å². The molecular formula is C19H20N2O2S. The van der Waals surface area contributed by atoms with Crippen LogP contribution in [0.25, 0.3) is 0 Å². The molecule has 0 heterocycles. The van der Waals surface area contributed by atoms with Gasteiger partial charge in [0, 0.05) is 11.9 Å². The molecule has 2 rings (SSSR count). The van der Waals surface area contributed by atoms with Gasteiger partial charge in [0.25, 0.3) is 0 Å². The molecule has 0 aromatic heterocycles. The minimum absolute atomic E-state index is 0.109. The quantitative estimate of drug-likeness (QED) is 0.821. The van der Waals surface area contributed by atoms with E-state index >= 15 is 0 Å². The fourth-order valence-electron chi connectivity index (χ4n) is 2.13. The van der Waals surface area contributed by atoms with E-state index < -0.39 is 9.84 Å². The molecule has 2 aromatic carbocycles. The number of allylic oxidation sites excluding steroid dienone is 1. The third kappa shape index (κ3) is 4.03. The molecule has 0 unspecified atom stereocenters. The summed E-state index contributed by atoms with van der Waals surface area (Å²) in [7, 11) is -3.82. The highest BCUT2D eigenvalue weighted by molar-refractivity contribution is 7.95. The molecule has 0 saturated carbocycles. The Hall–Kier alpha value is -2.58. The fraction of sp³-hybridized carbons (Fsp3) is 0.211. The summed E-state index contributed by atoms with van der Waals surface area (Å²) in [5, 5.41) is 12.1. The molecule has 0 saturated heterocycles. The number of nitrogens with zero attached hydrogens (tertiary/aromatic N) is 1. The Morgan fingerprint density at radius 1 is 1.08 bits per heavy atom. The Kier molecular flexibility index (Phi) is 5.42. The van der Waals surface area contributed by atoms with Crippen LogP contribution in [0.1, 0.15) is 30.9 Å². The van der Waals surface area contributed by atoms with Gasteiger partial charge in [-0.05, 0) is 42.7 Å². The number of benzene rings is 2. The molecule has 0 aliphatic heterocycles. The maximum atomic E-state index is 12.5. The molecule has 5 heteroatoms. The molecule has 0 aliphatic rings. The highest BCUT2D eigenvalue weighted by Crippen LogP contribution is 2.21. The standard InChI is InChI=1S/C19H20N2O2S/c1-14(2)16-6-8-17(9-7-16)21-13-19(12-20)24(22,23)18-10-4-15(3)5-11-18/h4-11,13-14,21H,1-3H3. The van der Waals surface area contributed by atoms with Crippen molar-refractivity contribution >= 4 is 15.5 Å². The molecule has 0 aliphatic carbocycles. The number of nitrogens with one attached hydrogen (secondary N) is 1. The summed E-state index contributed by atoms with van der Waals surface area (Å²) in [5.74, 6) is 0.422. The smallest absolute Gasteiger partial charge is 0.218 e. The lowest BCUT2D eigenvalue weighted by molar-refractivity contribution is 0.603. The zero-order chi connectivity index (χ0) is 17.7. The van der Waals surface area contributed by atoms with Gasteiger partial charge in [0.2, 0.25) is 9.84 Å². The second kappa shape index (κ2) is 7.33. The van der Waals surface area contributed by atoms with Crippen LogP contribution in [0, 0.1) is 18.3 Å². The zero-order valence-electron chi connectivity index (χ0n) is 13.9. The second-order valence-electron chi connectivity index (χ2n) is 5.86. The average molecular weight is 340 g/mol. The van der Waals surface area contributed by atoms with Gasteiger partial charge in [-0.15, -0.1) is 0 Å². The largest absolute Gasteiger partial charge is 0.360 e. The van der Waals surface area contributed by atoms with Crippen LogP contribution >= 0.6 is 0 Å². The van der Waals surface area contributed by atoms with E-state index in [1.165, 1.54) is 23.9 Å². The van der Waals surface area contributed by atoms with Crippen LogP contribution in [0.3, 0.4) is 0 Å². The summed E-state index contributed by atoms with van der Waals surface area (Å²) in [6.07, 6.45) is 1.24. The van der Waals surface area contributed by atoms with E-state index in [0.717, 1.165) is 11.3 Å². The number of nitriles is 1. The van der Waals surface area contributed by atoms with Crippen molar-refractivity contribution < 1.29 is 8.42 Å². The molecule has 0 atom stereocenters. The summed E-state index contributed by atoms with van der Waals surface area (Å²) < 4.78 is 25.0. The van der Waals surface area contributed by atoms with E-state index in [4.69, 9.17) is 0 Å².